The Balaban J connectivity index is 2.50. The number of aliphatic carboxylic acids is 1. The van der Waals surface area contributed by atoms with Crippen molar-refractivity contribution in [1.82, 2.24) is 5.32 Å². The van der Waals surface area contributed by atoms with Crippen LogP contribution in [0.5, 0.6) is 5.75 Å². The van der Waals surface area contributed by atoms with Crippen LogP contribution in [0.25, 0.3) is 0 Å². The van der Waals surface area contributed by atoms with Crippen LogP contribution in [0.3, 0.4) is 0 Å². The van der Waals surface area contributed by atoms with E-state index >= 15 is 0 Å². The molecular formula is C17H25NO4. The fourth-order valence-corrected chi connectivity index (χ4v) is 2.10. The monoisotopic (exact) mass is 307 g/mol. The van der Waals surface area contributed by atoms with E-state index in [1.54, 1.807) is 6.92 Å². The minimum absolute atomic E-state index is 0.0382. The van der Waals surface area contributed by atoms with Gasteiger partial charge in [0.25, 0.3) is 5.91 Å². The number of hydrogen-bond acceptors (Lipinski definition) is 3. The standard InChI is InChI=1S/C17H25NO4/c1-11(2)14-6-5-12(3)7-15(14)22-10-16(19)18-9-13(4)8-17(20)21/h5-7,11,13H,8-10H2,1-4H3,(H,18,19)(H,20,21). The molecule has 0 radical (unpaired) electrons. The number of nitrogens with one attached hydrogen (secondary N) is 1. The van der Waals surface area contributed by atoms with Crippen molar-refractivity contribution < 1.29 is 19.4 Å². The van der Waals surface area contributed by atoms with Crippen LogP contribution in [-0.2, 0) is 9.59 Å². The third kappa shape index (κ3) is 6.16. The fraction of sp³-hybridized carbons (Fsp3) is 0.529. The van der Waals surface area contributed by atoms with Crippen LogP contribution in [0.4, 0.5) is 0 Å². The Bertz CT molecular complexity index is 525. The van der Waals surface area contributed by atoms with Crippen molar-refractivity contribution in [2.75, 3.05) is 13.2 Å². The molecule has 1 aromatic rings. The molecule has 0 aliphatic rings. The Morgan fingerprint density at radius 3 is 2.55 bits per heavy atom. The second kappa shape index (κ2) is 8.41. The van der Waals surface area contributed by atoms with E-state index in [9.17, 15) is 9.59 Å². The van der Waals surface area contributed by atoms with Gasteiger partial charge in [-0.25, -0.2) is 0 Å². The first-order chi connectivity index (χ1) is 10.3. The number of ether oxygens (including phenoxy) is 1. The van der Waals surface area contributed by atoms with E-state index in [4.69, 9.17) is 9.84 Å². The van der Waals surface area contributed by atoms with Gasteiger partial charge in [0.2, 0.25) is 0 Å². The summed E-state index contributed by atoms with van der Waals surface area (Å²) >= 11 is 0. The molecule has 122 valence electrons. The maximum absolute atomic E-state index is 11.8. The Morgan fingerprint density at radius 1 is 1.27 bits per heavy atom. The van der Waals surface area contributed by atoms with Gasteiger partial charge in [-0.15, -0.1) is 0 Å². The molecule has 0 saturated heterocycles. The van der Waals surface area contributed by atoms with E-state index in [-0.39, 0.29) is 24.9 Å². The molecule has 0 spiro atoms. The van der Waals surface area contributed by atoms with E-state index in [1.807, 2.05) is 25.1 Å². The number of aryl methyl sites for hydroxylation is 1. The summed E-state index contributed by atoms with van der Waals surface area (Å²) in [5, 5.41) is 11.4. The highest BCUT2D eigenvalue weighted by atomic mass is 16.5. The average molecular weight is 307 g/mol. The zero-order chi connectivity index (χ0) is 16.7. The fourth-order valence-electron chi connectivity index (χ4n) is 2.10. The number of amides is 1. The van der Waals surface area contributed by atoms with Crippen LogP contribution in [0, 0.1) is 12.8 Å². The lowest BCUT2D eigenvalue weighted by Crippen LogP contribution is -2.33. The SMILES string of the molecule is Cc1ccc(C(C)C)c(OCC(=O)NCC(C)CC(=O)O)c1. The number of carboxylic acid groups (broad SMARTS) is 1. The van der Waals surface area contributed by atoms with Crippen LogP contribution < -0.4 is 10.1 Å². The summed E-state index contributed by atoms with van der Waals surface area (Å²) in [5.74, 6) is -0.169. The third-order valence-electron chi connectivity index (χ3n) is 3.32. The summed E-state index contributed by atoms with van der Waals surface area (Å²) in [4.78, 5) is 22.4. The molecule has 1 unspecified atom stereocenters. The highest BCUT2D eigenvalue weighted by Crippen LogP contribution is 2.27. The molecule has 1 amide bonds. The normalized spacial score (nSPS) is 12.0. The Kier molecular flexibility index (Phi) is 6.89. The van der Waals surface area contributed by atoms with Crippen molar-refractivity contribution in [1.29, 1.82) is 0 Å². The maximum atomic E-state index is 11.8. The van der Waals surface area contributed by atoms with Crippen molar-refractivity contribution in [3.05, 3.63) is 29.3 Å². The predicted octanol–water partition coefficient (Wildman–Crippen LogP) is 2.72. The summed E-state index contributed by atoms with van der Waals surface area (Å²) in [6, 6.07) is 5.97. The molecule has 1 atom stereocenters. The van der Waals surface area contributed by atoms with Gasteiger partial charge in [-0.3, -0.25) is 9.59 Å². The van der Waals surface area contributed by atoms with Gasteiger partial charge in [-0.1, -0.05) is 32.9 Å². The Hall–Kier alpha value is -2.04. The molecule has 22 heavy (non-hydrogen) atoms. The van der Waals surface area contributed by atoms with Crippen LogP contribution in [0.15, 0.2) is 18.2 Å². The van der Waals surface area contributed by atoms with E-state index in [1.165, 1.54) is 0 Å². The summed E-state index contributed by atoms with van der Waals surface area (Å²) in [6.45, 7) is 8.18. The van der Waals surface area contributed by atoms with Crippen molar-refractivity contribution in [2.24, 2.45) is 5.92 Å². The molecule has 1 rings (SSSR count). The molecule has 0 fully saturated rings. The van der Waals surface area contributed by atoms with E-state index < -0.39 is 5.97 Å². The molecular weight excluding hydrogens is 282 g/mol. The van der Waals surface area contributed by atoms with Crippen molar-refractivity contribution in [3.63, 3.8) is 0 Å². The molecule has 5 nitrogen and oxygen atoms in total. The number of carbonyl (C=O) groups is 2. The quantitative estimate of drug-likeness (QED) is 0.774. The molecule has 0 bridgehead atoms. The minimum atomic E-state index is -0.862. The molecule has 5 heteroatoms. The maximum Gasteiger partial charge on any atom is 0.303 e. The number of carbonyl (C=O) groups excluding carboxylic acids is 1. The number of rotatable bonds is 8. The Labute approximate surface area is 131 Å². The van der Waals surface area contributed by atoms with Gasteiger partial charge in [0, 0.05) is 13.0 Å². The first-order valence-electron chi connectivity index (χ1n) is 7.51. The second-order valence-corrected chi connectivity index (χ2v) is 5.99. The largest absolute Gasteiger partial charge is 0.483 e. The molecule has 0 aliphatic heterocycles. The average Bonchev–Trinajstić information content (AvgIpc) is 2.41. The summed E-state index contributed by atoms with van der Waals surface area (Å²) in [5.41, 5.74) is 2.15. The predicted molar refractivity (Wildman–Crippen MR) is 85.2 cm³/mol. The molecule has 0 aliphatic carbocycles. The van der Waals surface area contributed by atoms with Crippen LogP contribution >= 0.6 is 0 Å². The number of hydrogen-bond donors (Lipinski definition) is 2. The van der Waals surface area contributed by atoms with E-state index in [0.29, 0.717) is 12.5 Å². The molecule has 0 heterocycles. The topological polar surface area (TPSA) is 75.6 Å². The first kappa shape index (κ1) is 18.0. The van der Waals surface area contributed by atoms with E-state index in [2.05, 4.69) is 19.2 Å². The third-order valence-corrected chi connectivity index (χ3v) is 3.32. The van der Waals surface area contributed by atoms with Gasteiger partial charge in [-0.2, -0.15) is 0 Å². The molecule has 0 saturated carbocycles. The summed E-state index contributed by atoms with van der Waals surface area (Å²) < 4.78 is 5.63. The van der Waals surface area contributed by atoms with Crippen molar-refractivity contribution in [2.45, 2.75) is 40.0 Å². The molecule has 2 N–H and O–H groups in total. The smallest absolute Gasteiger partial charge is 0.303 e. The highest BCUT2D eigenvalue weighted by Gasteiger charge is 2.12. The van der Waals surface area contributed by atoms with Gasteiger partial charge in [0.15, 0.2) is 6.61 Å². The number of carboxylic acids is 1. The van der Waals surface area contributed by atoms with Gasteiger partial charge in [0.1, 0.15) is 5.75 Å². The van der Waals surface area contributed by atoms with Crippen molar-refractivity contribution >= 4 is 11.9 Å². The van der Waals surface area contributed by atoms with Crippen molar-refractivity contribution in [3.8, 4) is 5.75 Å². The highest BCUT2D eigenvalue weighted by molar-refractivity contribution is 5.77. The van der Waals surface area contributed by atoms with Gasteiger partial charge >= 0.3 is 5.97 Å². The molecule has 0 aromatic heterocycles. The second-order valence-electron chi connectivity index (χ2n) is 5.99. The van der Waals surface area contributed by atoms with Crippen LogP contribution in [-0.4, -0.2) is 30.1 Å². The van der Waals surface area contributed by atoms with Gasteiger partial charge < -0.3 is 15.2 Å². The van der Waals surface area contributed by atoms with Crippen LogP contribution in [0.1, 0.15) is 44.2 Å². The Morgan fingerprint density at radius 2 is 1.95 bits per heavy atom. The lowest BCUT2D eigenvalue weighted by Gasteiger charge is -2.15. The zero-order valence-corrected chi connectivity index (χ0v) is 13.7. The van der Waals surface area contributed by atoms with Gasteiger partial charge in [0.05, 0.1) is 0 Å². The van der Waals surface area contributed by atoms with E-state index in [0.717, 1.165) is 16.9 Å². The minimum Gasteiger partial charge on any atom is -0.483 e. The lowest BCUT2D eigenvalue weighted by atomic mass is 10.0. The summed E-state index contributed by atoms with van der Waals surface area (Å²) in [6.07, 6.45) is 0.0382. The number of benzene rings is 1. The van der Waals surface area contributed by atoms with Gasteiger partial charge in [-0.05, 0) is 36.0 Å². The van der Waals surface area contributed by atoms with Crippen LogP contribution in [0.2, 0.25) is 0 Å². The summed E-state index contributed by atoms with van der Waals surface area (Å²) in [7, 11) is 0. The zero-order valence-electron chi connectivity index (χ0n) is 13.7. The lowest BCUT2D eigenvalue weighted by molar-refractivity contribution is -0.138. The first-order valence-corrected chi connectivity index (χ1v) is 7.51. The molecule has 1 aromatic carbocycles.